The van der Waals surface area contributed by atoms with Crippen LogP contribution in [-0.4, -0.2) is 38.3 Å². The lowest BCUT2D eigenvalue weighted by atomic mass is 9.96. The molecule has 0 aliphatic heterocycles. The summed E-state index contributed by atoms with van der Waals surface area (Å²) in [7, 11) is -1.89. The number of rotatable bonds is 7. The van der Waals surface area contributed by atoms with Gasteiger partial charge in [-0.3, -0.25) is 4.79 Å². The van der Waals surface area contributed by atoms with Gasteiger partial charge in [-0.1, -0.05) is 25.3 Å². The number of sulfonamides is 1. The summed E-state index contributed by atoms with van der Waals surface area (Å²) in [4.78, 5) is 12.4. The van der Waals surface area contributed by atoms with Crippen LogP contribution in [0.2, 0.25) is 0 Å². The average Bonchev–Trinajstić information content (AvgIpc) is 2.73. The van der Waals surface area contributed by atoms with Crippen LogP contribution in [0.15, 0.2) is 51.8 Å². The molecule has 30 heavy (non-hydrogen) atoms. The molecule has 162 valence electrons. The largest absolute Gasteiger partial charge is 0.483 e. The molecule has 0 bridgehead atoms. The smallest absolute Gasteiger partial charge is 0.262 e. The van der Waals surface area contributed by atoms with Gasteiger partial charge < -0.3 is 10.1 Å². The Bertz CT molecular complexity index is 987. The first kappa shape index (κ1) is 22.8. The van der Waals surface area contributed by atoms with E-state index in [9.17, 15) is 13.2 Å². The molecule has 1 N–H and O–H groups in total. The number of aryl methyl sites for hydroxylation is 1. The van der Waals surface area contributed by atoms with E-state index in [-0.39, 0.29) is 23.5 Å². The summed E-state index contributed by atoms with van der Waals surface area (Å²) in [5, 5.41) is 2.73. The van der Waals surface area contributed by atoms with E-state index in [0.29, 0.717) is 11.4 Å². The van der Waals surface area contributed by atoms with Crippen molar-refractivity contribution in [1.29, 1.82) is 0 Å². The average molecular weight is 495 g/mol. The predicted octanol–water partition coefficient (Wildman–Crippen LogP) is 4.73. The number of anilines is 1. The van der Waals surface area contributed by atoms with Crippen LogP contribution >= 0.6 is 15.9 Å². The summed E-state index contributed by atoms with van der Waals surface area (Å²) in [6, 6.07) is 11.9. The molecule has 2 aromatic carbocycles. The lowest BCUT2D eigenvalue weighted by Crippen LogP contribution is -2.38. The molecule has 1 aliphatic rings. The van der Waals surface area contributed by atoms with Crippen molar-refractivity contribution in [3.05, 3.63) is 52.5 Å². The molecule has 0 atom stereocenters. The minimum atomic E-state index is -3.55. The Hall–Kier alpha value is -1.90. The summed E-state index contributed by atoms with van der Waals surface area (Å²) in [5.41, 5.74) is 1.61. The molecule has 0 heterocycles. The number of hydrogen-bond acceptors (Lipinski definition) is 4. The highest BCUT2D eigenvalue weighted by Crippen LogP contribution is 2.27. The van der Waals surface area contributed by atoms with E-state index in [1.807, 2.05) is 19.1 Å². The fraction of sp³-hybridized carbons (Fsp3) is 0.409. The van der Waals surface area contributed by atoms with Crippen molar-refractivity contribution in [3.63, 3.8) is 0 Å². The summed E-state index contributed by atoms with van der Waals surface area (Å²) in [6.45, 7) is 1.82. The number of halogens is 1. The van der Waals surface area contributed by atoms with E-state index in [2.05, 4.69) is 21.2 Å². The SMILES string of the molecule is Cc1ccc(OCC(=O)Nc2ccc(S(=O)(=O)N(C)C3CCCCC3)cc2)c(Br)c1. The summed E-state index contributed by atoms with van der Waals surface area (Å²) in [6.07, 6.45) is 5.11. The van der Waals surface area contributed by atoms with Crippen LogP contribution in [0.1, 0.15) is 37.7 Å². The summed E-state index contributed by atoms with van der Waals surface area (Å²) >= 11 is 3.41. The zero-order valence-electron chi connectivity index (χ0n) is 17.2. The van der Waals surface area contributed by atoms with Crippen LogP contribution in [-0.2, 0) is 14.8 Å². The summed E-state index contributed by atoms with van der Waals surface area (Å²) in [5.74, 6) is 0.264. The maximum Gasteiger partial charge on any atom is 0.262 e. The molecular formula is C22H27BrN2O4S. The minimum Gasteiger partial charge on any atom is -0.483 e. The van der Waals surface area contributed by atoms with E-state index in [1.165, 1.54) is 22.9 Å². The second kappa shape index (κ2) is 9.94. The Balaban J connectivity index is 1.58. The van der Waals surface area contributed by atoms with Gasteiger partial charge in [-0.25, -0.2) is 8.42 Å². The van der Waals surface area contributed by atoms with Crippen LogP contribution in [0.25, 0.3) is 0 Å². The highest BCUT2D eigenvalue weighted by atomic mass is 79.9. The van der Waals surface area contributed by atoms with E-state index in [4.69, 9.17) is 4.74 Å². The first-order valence-electron chi connectivity index (χ1n) is 10.0. The van der Waals surface area contributed by atoms with E-state index in [1.54, 1.807) is 25.2 Å². The third-order valence-electron chi connectivity index (χ3n) is 5.35. The highest BCUT2D eigenvalue weighted by Gasteiger charge is 2.28. The Morgan fingerprint density at radius 3 is 2.43 bits per heavy atom. The fourth-order valence-electron chi connectivity index (χ4n) is 3.58. The van der Waals surface area contributed by atoms with Crippen molar-refractivity contribution in [2.24, 2.45) is 0 Å². The Kier molecular flexibility index (Phi) is 7.55. The molecule has 3 rings (SSSR count). The molecule has 0 radical (unpaired) electrons. The number of hydrogen-bond donors (Lipinski definition) is 1. The molecule has 0 spiro atoms. The van der Waals surface area contributed by atoms with Crippen molar-refractivity contribution in [2.75, 3.05) is 19.0 Å². The fourth-order valence-corrected chi connectivity index (χ4v) is 5.60. The van der Waals surface area contributed by atoms with Gasteiger partial charge in [0.2, 0.25) is 10.0 Å². The monoisotopic (exact) mass is 494 g/mol. The highest BCUT2D eigenvalue weighted by molar-refractivity contribution is 9.10. The lowest BCUT2D eigenvalue weighted by molar-refractivity contribution is -0.118. The zero-order chi connectivity index (χ0) is 21.7. The molecule has 8 heteroatoms. The second-order valence-electron chi connectivity index (χ2n) is 7.61. The first-order valence-corrected chi connectivity index (χ1v) is 12.3. The normalized spacial score (nSPS) is 15.2. The molecule has 0 aromatic heterocycles. The number of amides is 1. The van der Waals surface area contributed by atoms with Gasteiger partial charge in [0.25, 0.3) is 5.91 Å². The molecule has 0 saturated heterocycles. The predicted molar refractivity (Wildman–Crippen MR) is 121 cm³/mol. The van der Waals surface area contributed by atoms with Crippen molar-refractivity contribution in [3.8, 4) is 5.75 Å². The molecule has 2 aromatic rings. The maximum absolute atomic E-state index is 12.9. The van der Waals surface area contributed by atoms with E-state index < -0.39 is 10.0 Å². The lowest BCUT2D eigenvalue weighted by Gasteiger charge is -2.30. The Labute approximate surface area is 186 Å². The van der Waals surface area contributed by atoms with Gasteiger partial charge >= 0.3 is 0 Å². The molecule has 1 aliphatic carbocycles. The number of nitrogens with zero attached hydrogens (tertiary/aromatic N) is 1. The molecule has 1 fully saturated rings. The van der Waals surface area contributed by atoms with Crippen LogP contribution < -0.4 is 10.1 Å². The summed E-state index contributed by atoms with van der Waals surface area (Å²) < 4.78 is 33.6. The third-order valence-corrected chi connectivity index (χ3v) is 7.89. The van der Waals surface area contributed by atoms with E-state index >= 15 is 0 Å². The molecular weight excluding hydrogens is 468 g/mol. The molecule has 1 saturated carbocycles. The minimum absolute atomic E-state index is 0.0568. The van der Waals surface area contributed by atoms with Gasteiger partial charge in [-0.05, 0) is 77.7 Å². The van der Waals surface area contributed by atoms with Crippen LogP contribution in [0.3, 0.4) is 0 Å². The molecule has 1 amide bonds. The van der Waals surface area contributed by atoms with Crippen molar-refractivity contribution in [2.45, 2.75) is 50.0 Å². The van der Waals surface area contributed by atoms with Crippen LogP contribution in [0, 0.1) is 6.92 Å². The number of ether oxygens (including phenoxy) is 1. The van der Waals surface area contributed by atoms with Crippen LogP contribution in [0.5, 0.6) is 5.75 Å². The Morgan fingerprint density at radius 1 is 1.13 bits per heavy atom. The van der Waals surface area contributed by atoms with Gasteiger partial charge in [0.1, 0.15) is 5.75 Å². The van der Waals surface area contributed by atoms with E-state index in [0.717, 1.165) is 35.7 Å². The zero-order valence-corrected chi connectivity index (χ0v) is 19.6. The van der Waals surface area contributed by atoms with Gasteiger partial charge in [0, 0.05) is 18.8 Å². The van der Waals surface area contributed by atoms with Crippen molar-refractivity contribution >= 4 is 37.5 Å². The second-order valence-corrected chi connectivity index (χ2v) is 10.5. The Morgan fingerprint density at radius 2 is 1.80 bits per heavy atom. The van der Waals surface area contributed by atoms with Gasteiger partial charge in [0.15, 0.2) is 6.61 Å². The van der Waals surface area contributed by atoms with Gasteiger partial charge in [0.05, 0.1) is 9.37 Å². The topological polar surface area (TPSA) is 75.7 Å². The van der Waals surface area contributed by atoms with Crippen molar-refractivity contribution in [1.82, 2.24) is 4.31 Å². The van der Waals surface area contributed by atoms with Gasteiger partial charge in [-0.2, -0.15) is 4.31 Å². The number of benzene rings is 2. The maximum atomic E-state index is 12.9. The number of nitrogens with one attached hydrogen (secondary N) is 1. The third kappa shape index (κ3) is 5.62. The molecule has 0 unspecified atom stereocenters. The first-order chi connectivity index (χ1) is 14.3. The van der Waals surface area contributed by atoms with Crippen LogP contribution in [0.4, 0.5) is 5.69 Å². The quantitative estimate of drug-likeness (QED) is 0.603. The number of carbonyl (C=O) groups is 1. The molecule has 6 nitrogen and oxygen atoms in total. The number of carbonyl (C=O) groups excluding carboxylic acids is 1. The van der Waals surface area contributed by atoms with Crippen molar-refractivity contribution < 1.29 is 17.9 Å². The standard InChI is InChI=1S/C22H27BrN2O4S/c1-16-8-13-21(20(23)14-16)29-15-22(26)24-17-9-11-19(12-10-17)30(27,28)25(2)18-6-4-3-5-7-18/h8-14,18H,3-7,15H2,1-2H3,(H,24,26). The van der Waals surface area contributed by atoms with Gasteiger partial charge in [-0.15, -0.1) is 0 Å².